The van der Waals surface area contributed by atoms with E-state index in [0.29, 0.717) is 0 Å². The zero-order chi connectivity index (χ0) is 25.2. The summed E-state index contributed by atoms with van der Waals surface area (Å²) >= 11 is 3.99. The minimum absolute atomic E-state index is 0.358. The standard InChI is InChI=1S/C18H35N3O10S/c1-7(6-22)30-18(14(25)13(24)8(2)23)31-9(3)15(26)20-5-11(19)16(27)21-12(10(4)32)17(28)29/h7-14,18,22-25,32H,5-6,19H2,1-4H3,(H,20,26)(H,21,27)(H,28,29)/t7?,8?,9?,10?,11-,12+,13?,14?,18+/m0/s1. The molecular weight excluding hydrogens is 450 g/mol. The van der Waals surface area contributed by atoms with Gasteiger partial charge in [0.05, 0.1) is 18.8 Å². The van der Waals surface area contributed by atoms with Gasteiger partial charge in [-0.2, -0.15) is 12.6 Å². The first-order chi connectivity index (χ1) is 14.7. The molecular formula is C18H35N3O10S. The molecule has 0 saturated heterocycles. The molecule has 0 aliphatic heterocycles. The van der Waals surface area contributed by atoms with E-state index in [9.17, 15) is 29.7 Å². The van der Waals surface area contributed by atoms with Gasteiger partial charge in [0.1, 0.15) is 30.4 Å². The molecule has 9 atom stereocenters. The van der Waals surface area contributed by atoms with Gasteiger partial charge in [0.15, 0.2) is 6.29 Å². The quantitative estimate of drug-likeness (QED) is 0.0819. The first kappa shape index (κ1) is 30.5. The van der Waals surface area contributed by atoms with Crippen molar-refractivity contribution in [1.29, 1.82) is 0 Å². The Morgan fingerprint density at radius 2 is 1.56 bits per heavy atom. The highest BCUT2D eigenvalue weighted by Crippen LogP contribution is 2.14. The molecule has 9 N–H and O–H groups in total. The van der Waals surface area contributed by atoms with Crippen molar-refractivity contribution >= 4 is 30.4 Å². The fourth-order valence-electron chi connectivity index (χ4n) is 2.27. The third-order valence-electron chi connectivity index (χ3n) is 4.33. The van der Waals surface area contributed by atoms with Crippen LogP contribution >= 0.6 is 12.6 Å². The van der Waals surface area contributed by atoms with Crippen molar-refractivity contribution < 1.29 is 49.4 Å². The summed E-state index contributed by atoms with van der Waals surface area (Å²) in [6, 6.07) is -2.55. The highest BCUT2D eigenvalue weighted by atomic mass is 32.1. The number of nitrogens with one attached hydrogen (secondary N) is 2. The van der Waals surface area contributed by atoms with E-state index in [1.54, 1.807) is 0 Å². The number of carbonyl (C=O) groups excluding carboxylic acids is 2. The molecule has 188 valence electrons. The molecule has 0 saturated carbocycles. The smallest absolute Gasteiger partial charge is 0.327 e. The van der Waals surface area contributed by atoms with Crippen LogP contribution in [-0.4, -0.2) is 111 Å². The lowest BCUT2D eigenvalue weighted by molar-refractivity contribution is -0.254. The fraction of sp³-hybridized carbons (Fsp3) is 0.833. The SMILES string of the molecule is CC(CO)O[C@H](OC(C)C(=O)NC[C@H](N)C(=O)N[C@@H](C(=O)O)C(C)S)C(O)C(O)C(C)O. The number of amides is 2. The predicted octanol–water partition coefficient (Wildman–Crippen LogP) is -3.45. The van der Waals surface area contributed by atoms with E-state index in [2.05, 4.69) is 23.3 Å². The molecule has 0 rings (SSSR count). The zero-order valence-corrected chi connectivity index (χ0v) is 19.3. The number of carboxylic acid groups (broad SMARTS) is 1. The zero-order valence-electron chi connectivity index (χ0n) is 18.4. The summed E-state index contributed by atoms with van der Waals surface area (Å²) in [4.78, 5) is 35.5. The molecule has 2 amide bonds. The molecule has 0 radical (unpaired) electrons. The highest BCUT2D eigenvalue weighted by molar-refractivity contribution is 7.81. The maximum absolute atomic E-state index is 12.3. The molecule has 14 heteroatoms. The second kappa shape index (κ2) is 14.6. The van der Waals surface area contributed by atoms with Crippen molar-refractivity contribution in [3.8, 4) is 0 Å². The summed E-state index contributed by atoms with van der Waals surface area (Å²) in [5.41, 5.74) is 5.68. The van der Waals surface area contributed by atoms with Crippen LogP contribution in [-0.2, 0) is 23.9 Å². The summed E-state index contributed by atoms with van der Waals surface area (Å²) in [6.45, 7) is 4.66. The monoisotopic (exact) mass is 485 g/mol. The number of nitrogens with two attached hydrogens (primary N) is 1. The Morgan fingerprint density at radius 3 is 2.00 bits per heavy atom. The van der Waals surface area contributed by atoms with E-state index < -0.39 is 78.5 Å². The Labute approximate surface area is 191 Å². The van der Waals surface area contributed by atoms with Crippen LogP contribution in [0.25, 0.3) is 0 Å². The second-order valence-corrected chi connectivity index (χ2v) is 8.23. The first-order valence-electron chi connectivity index (χ1n) is 9.93. The predicted molar refractivity (Wildman–Crippen MR) is 115 cm³/mol. The largest absolute Gasteiger partial charge is 0.480 e. The van der Waals surface area contributed by atoms with Gasteiger partial charge in [-0.1, -0.05) is 6.92 Å². The van der Waals surface area contributed by atoms with Crippen LogP contribution in [0.5, 0.6) is 0 Å². The molecule has 0 aromatic carbocycles. The van der Waals surface area contributed by atoms with Crippen molar-refractivity contribution in [2.45, 2.75) is 81.8 Å². The highest BCUT2D eigenvalue weighted by Gasteiger charge is 2.34. The van der Waals surface area contributed by atoms with Gasteiger partial charge in [-0.15, -0.1) is 0 Å². The van der Waals surface area contributed by atoms with Crippen LogP contribution in [0.2, 0.25) is 0 Å². The Hall–Kier alpha value is -1.52. The topological polar surface area (TPSA) is 221 Å². The van der Waals surface area contributed by atoms with E-state index in [0.717, 1.165) is 0 Å². The molecule has 0 aliphatic carbocycles. The van der Waals surface area contributed by atoms with Crippen LogP contribution in [0, 0.1) is 0 Å². The molecule has 0 aromatic rings. The van der Waals surface area contributed by atoms with E-state index in [4.69, 9.17) is 25.4 Å². The number of ether oxygens (including phenoxy) is 2. The van der Waals surface area contributed by atoms with Crippen LogP contribution in [0.4, 0.5) is 0 Å². The summed E-state index contributed by atoms with van der Waals surface area (Å²) in [6.07, 6.45) is -8.40. The lowest BCUT2D eigenvalue weighted by Crippen LogP contribution is -2.55. The summed E-state index contributed by atoms with van der Waals surface area (Å²) < 4.78 is 10.6. The number of carboxylic acids is 1. The number of carbonyl (C=O) groups is 3. The van der Waals surface area contributed by atoms with Gasteiger partial charge in [0.2, 0.25) is 11.8 Å². The van der Waals surface area contributed by atoms with Crippen LogP contribution < -0.4 is 16.4 Å². The minimum Gasteiger partial charge on any atom is -0.480 e. The number of hydrogen-bond donors (Lipinski definition) is 9. The van der Waals surface area contributed by atoms with E-state index in [-0.39, 0.29) is 6.54 Å². The van der Waals surface area contributed by atoms with Crippen LogP contribution in [0.1, 0.15) is 27.7 Å². The van der Waals surface area contributed by atoms with Gasteiger partial charge in [-0.25, -0.2) is 4.79 Å². The Balaban J connectivity index is 4.94. The number of hydrogen-bond acceptors (Lipinski definition) is 11. The van der Waals surface area contributed by atoms with E-state index in [1.807, 2.05) is 0 Å². The van der Waals surface area contributed by atoms with Crippen LogP contribution in [0.3, 0.4) is 0 Å². The first-order valence-corrected chi connectivity index (χ1v) is 10.4. The van der Waals surface area contributed by atoms with Gasteiger partial charge >= 0.3 is 5.97 Å². The number of thiol groups is 1. The number of aliphatic carboxylic acids is 1. The molecule has 0 spiro atoms. The summed E-state index contributed by atoms with van der Waals surface area (Å²) in [5, 5.41) is 51.6. The van der Waals surface area contributed by atoms with Gasteiger partial charge in [-0.05, 0) is 20.8 Å². The normalized spacial score (nSPS) is 20.1. The van der Waals surface area contributed by atoms with Crippen LogP contribution in [0.15, 0.2) is 0 Å². The van der Waals surface area contributed by atoms with E-state index in [1.165, 1.54) is 27.7 Å². The molecule has 0 bridgehead atoms. The molecule has 32 heavy (non-hydrogen) atoms. The van der Waals surface area contributed by atoms with E-state index >= 15 is 0 Å². The fourth-order valence-corrected chi connectivity index (χ4v) is 2.47. The lowest BCUT2D eigenvalue weighted by atomic mass is 10.1. The van der Waals surface area contributed by atoms with Gasteiger partial charge in [-0.3, -0.25) is 9.59 Å². The Kier molecular flexibility index (Phi) is 13.9. The minimum atomic E-state index is -1.75. The number of rotatable bonds is 15. The number of aliphatic hydroxyl groups is 4. The maximum Gasteiger partial charge on any atom is 0.327 e. The average Bonchev–Trinajstić information content (AvgIpc) is 2.72. The van der Waals surface area contributed by atoms with Gasteiger partial charge in [0, 0.05) is 11.8 Å². The van der Waals surface area contributed by atoms with Crippen molar-refractivity contribution in [3.05, 3.63) is 0 Å². The van der Waals surface area contributed by atoms with Crippen molar-refractivity contribution in [1.82, 2.24) is 10.6 Å². The summed E-state index contributed by atoms with van der Waals surface area (Å²) in [7, 11) is 0. The van der Waals surface area contributed by atoms with Crippen molar-refractivity contribution in [2.75, 3.05) is 13.2 Å². The van der Waals surface area contributed by atoms with Crippen molar-refractivity contribution in [2.24, 2.45) is 5.73 Å². The molecule has 0 fully saturated rings. The lowest BCUT2D eigenvalue weighted by Gasteiger charge is -2.31. The molecule has 0 heterocycles. The molecule has 6 unspecified atom stereocenters. The average molecular weight is 486 g/mol. The van der Waals surface area contributed by atoms with Crippen molar-refractivity contribution in [3.63, 3.8) is 0 Å². The van der Waals surface area contributed by atoms with Gasteiger partial charge < -0.3 is 51.4 Å². The third kappa shape index (κ3) is 10.4. The summed E-state index contributed by atoms with van der Waals surface area (Å²) in [5.74, 6) is -2.87. The Bertz CT molecular complexity index is 610. The maximum atomic E-state index is 12.3. The molecule has 0 aliphatic rings. The molecule has 0 aromatic heterocycles. The number of aliphatic hydroxyl groups excluding tert-OH is 4. The molecule has 13 nitrogen and oxygen atoms in total. The Morgan fingerprint density at radius 1 is 1.00 bits per heavy atom. The second-order valence-electron chi connectivity index (χ2n) is 7.41. The van der Waals surface area contributed by atoms with Gasteiger partial charge in [0.25, 0.3) is 0 Å². The third-order valence-corrected chi connectivity index (χ3v) is 4.63.